The minimum Gasteiger partial charge on any atom is -0.511 e. The van der Waals surface area contributed by atoms with Crippen LogP contribution in [0.25, 0.3) is 12.2 Å². The van der Waals surface area contributed by atoms with Gasteiger partial charge in [0, 0.05) is 0 Å². The lowest BCUT2D eigenvalue weighted by Gasteiger charge is -2.28. The number of aliphatic hydroxyl groups excluding tert-OH is 4. The first-order chi connectivity index (χ1) is 17.8. The Morgan fingerprint density at radius 2 is 1.05 bits per heavy atom. The van der Waals surface area contributed by atoms with Gasteiger partial charge in [-0.2, -0.15) is 0 Å². The highest BCUT2D eigenvalue weighted by atomic mass is 16.5. The first-order valence-electron chi connectivity index (χ1n) is 12.4. The van der Waals surface area contributed by atoms with E-state index in [9.17, 15) is 30.0 Å². The van der Waals surface area contributed by atoms with E-state index in [0.717, 1.165) is 25.7 Å². The zero-order valence-corrected chi connectivity index (χ0v) is 21.4. The van der Waals surface area contributed by atoms with Crippen LogP contribution in [0.4, 0.5) is 0 Å². The van der Waals surface area contributed by atoms with Gasteiger partial charge in [0.15, 0.2) is 0 Å². The summed E-state index contributed by atoms with van der Waals surface area (Å²) in [5.74, 6) is -1.84. The molecular formula is C29H36O8. The van der Waals surface area contributed by atoms with Gasteiger partial charge < -0.3 is 29.9 Å². The number of hydrogen-bond donors (Lipinski definition) is 4. The summed E-state index contributed by atoms with van der Waals surface area (Å²) in [6.45, 7) is 3.11. The van der Waals surface area contributed by atoms with Gasteiger partial charge in [-0.1, -0.05) is 51.0 Å². The van der Waals surface area contributed by atoms with Crippen molar-refractivity contribution in [2.24, 2.45) is 5.41 Å². The van der Waals surface area contributed by atoms with Gasteiger partial charge >= 0.3 is 11.9 Å². The predicted molar refractivity (Wildman–Crippen MR) is 141 cm³/mol. The van der Waals surface area contributed by atoms with E-state index in [1.54, 1.807) is 24.3 Å². The summed E-state index contributed by atoms with van der Waals surface area (Å²) in [4.78, 5) is 24.1. The molecule has 0 saturated heterocycles. The lowest BCUT2D eigenvalue weighted by Crippen LogP contribution is -2.34. The van der Waals surface area contributed by atoms with Gasteiger partial charge in [-0.25, -0.2) is 9.59 Å². The third-order valence-electron chi connectivity index (χ3n) is 5.88. The molecule has 0 aliphatic carbocycles. The number of aliphatic hydroxyl groups is 4. The average molecular weight is 513 g/mol. The van der Waals surface area contributed by atoms with Crippen molar-refractivity contribution in [2.45, 2.75) is 39.5 Å². The Morgan fingerprint density at radius 3 is 1.35 bits per heavy atom. The molecule has 8 nitrogen and oxygen atoms in total. The third-order valence-corrected chi connectivity index (χ3v) is 5.88. The van der Waals surface area contributed by atoms with Gasteiger partial charge in [-0.15, -0.1) is 0 Å². The van der Waals surface area contributed by atoms with E-state index >= 15 is 0 Å². The largest absolute Gasteiger partial charge is 0.511 e. The molecule has 0 spiro atoms. The molecule has 0 aliphatic rings. The fourth-order valence-corrected chi connectivity index (χ4v) is 3.31. The number of carbonyl (C=O) groups is 2. The Kier molecular flexibility index (Phi) is 11.9. The molecular weight excluding hydrogens is 476 g/mol. The van der Waals surface area contributed by atoms with Crippen LogP contribution in [0.5, 0.6) is 0 Å². The summed E-state index contributed by atoms with van der Waals surface area (Å²) >= 11 is 0. The van der Waals surface area contributed by atoms with Crippen molar-refractivity contribution in [3.05, 3.63) is 82.3 Å². The van der Waals surface area contributed by atoms with Crippen LogP contribution >= 0.6 is 0 Å². The molecule has 0 unspecified atom stereocenters. The molecule has 2 aromatic rings. The van der Waals surface area contributed by atoms with Crippen molar-refractivity contribution < 1.29 is 39.5 Å². The topological polar surface area (TPSA) is 134 Å². The molecule has 0 atom stereocenters. The van der Waals surface area contributed by atoms with E-state index in [-0.39, 0.29) is 0 Å². The van der Waals surface area contributed by atoms with Gasteiger partial charge in [0.1, 0.15) is 16.9 Å². The second kappa shape index (κ2) is 14.8. The van der Waals surface area contributed by atoms with Gasteiger partial charge in [0.2, 0.25) is 0 Å². The number of hydrogen-bond acceptors (Lipinski definition) is 8. The number of unbranched alkanes of at least 4 members (excludes halogenated alkanes) is 2. The van der Waals surface area contributed by atoms with Crippen LogP contribution in [0.15, 0.2) is 60.0 Å². The zero-order chi connectivity index (χ0) is 27.3. The molecule has 37 heavy (non-hydrogen) atoms. The highest BCUT2D eigenvalue weighted by molar-refractivity contribution is 5.90. The van der Waals surface area contributed by atoms with Crippen LogP contribution < -0.4 is 0 Å². The Labute approximate surface area is 217 Å². The lowest BCUT2D eigenvalue weighted by atomic mass is 9.83. The van der Waals surface area contributed by atoms with Crippen molar-refractivity contribution >= 4 is 24.1 Å². The van der Waals surface area contributed by atoms with E-state index in [2.05, 4.69) is 0 Å². The summed E-state index contributed by atoms with van der Waals surface area (Å²) < 4.78 is 10.3. The second-order valence-corrected chi connectivity index (χ2v) is 8.68. The fourth-order valence-electron chi connectivity index (χ4n) is 3.31. The summed E-state index contributed by atoms with van der Waals surface area (Å²) in [5.41, 5.74) is -0.206. The monoisotopic (exact) mass is 512 g/mol. The highest BCUT2D eigenvalue weighted by Crippen LogP contribution is 2.34. The summed E-state index contributed by atoms with van der Waals surface area (Å²) in [5, 5.41) is 41.6. The number of benzene rings is 2. The molecule has 0 aliphatic heterocycles. The molecule has 0 heterocycles. The Hall–Kier alpha value is -3.62. The van der Waals surface area contributed by atoms with Crippen molar-refractivity contribution in [2.75, 3.05) is 26.4 Å². The Morgan fingerprint density at radius 1 is 0.703 bits per heavy atom. The molecule has 0 saturated carbocycles. The number of esters is 2. The maximum Gasteiger partial charge on any atom is 0.338 e. The Bertz CT molecular complexity index is 981. The van der Waals surface area contributed by atoms with E-state index in [1.165, 1.54) is 36.4 Å². The molecule has 2 rings (SSSR count). The molecule has 4 N–H and O–H groups in total. The van der Waals surface area contributed by atoms with Crippen LogP contribution in [0, 0.1) is 5.41 Å². The van der Waals surface area contributed by atoms with Crippen LogP contribution in [-0.4, -0.2) is 58.8 Å². The molecule has 200 valence electrons. The van der Waals surface area contributed by atoms with E-state index in [0.29, 0.717) is 35.5 Å². The normalized spacial score (nSPS) is 12.3. The lowest BCUT2D eigenvalue weighted by molar-refractivity contribution is 0.0483. The molecule has 0 aromatic heterocycles. The summed E-state index contributed by atoms with van der Waals surface area (Å²) in [6, 6.07) is 12.5. The summed E-state index contributed by atoms with van der Waals surface area (Å²) in [7, 11) is 0. The van der Waals surface area contributed by atoms with E-state index < -0.39 is 42.1 Å². The number of ether oxygens (including phenoxy) is 2. The molecule has 0 amide bonds. The predicted octanol–water partition coefficient (Wildman–Crippen LogP) is 5.07. The van der Waals surface area contributed by atoms with Crippen LogP contribution in [-0.2, 0) is 9.47 Å². The SMILES string of the molecule is CCCCOC(=O)c1ccc(C=C(O)C(CO)(CO)C(O)=Cc2ccc(C(=O)OCCCC)cc2)cc1. The molecule has 0 bridgehead atoms. The second-order valence-electron chi connectivity index (χ2n) is 8.68. The van der Waals surface area contributed by atoms with Crippen molar-refractivity contribution in [1.82, 2.24) is 0 Å². The molecule has 2 aromatic carbocycles. The smallest absolute Gasteiger partial charge is 0.338 e. The zero-order valence-electron chi connectivity index (χ0n) is 21.4. The molecule has 8 heteroatoms. The van der Waals surface area contributed by atoms with Crippen LogP contribution in [0.1, 0.15) is 71.4 Å². The molecule has 0 radical (unpaired) electrons. The minimum atomic E-state index is -1.87. The average Bonchev–Trinajstić information content (AvgIpc) is 2.90. The maximum absolute atomic E-state index is 12.1. The van der Waals surface area contributed by atoms with Crippen molar-refractivity contribution in [3.63, 3.8) is 0 Å². The summed E-state index contributed by atoms with van der Waals surface area (Å²) in [6.07, 6.45) is 5.95. The quantitative estimate of drug-likeness (QED) is 0.157. The van der Waals surface area contributed by atoms with Gasteiger partial charge in [0.05, 0.1) is 37.6 Å². The standard InChI is InChI=1S/C29H36O8/c1-3-5-15-36-27(34)23-11-7-21(8-12-23)17-25(32)29(19-30,20-31)26(33)18-22-9-13-24(14-10-22)28(35)37-16-6-4-2/h7-14,17-18,30-33H,3-6,15-16,19-20H2,1-2H3. The number of rotatable bonds is 14. The Balaban J connectivity index is 2.21. The van der Waals surface area contributed by atoms with Crippen LogP contribution in [0.2, 0.25) is 0 Å². The van der Waals surface area contributed by atoms with Gasteiger partial charge in [-0.3, -0.25) is 0 Å². The van der Waals surface area contributed by atoms with E-state index in [4.69, 9.17) is 9.47 Å². The van der Waals surface area contributed by atoms with Crippen LogP contribution in [0.3, 0.4) is 0 Å². The maximum atomic E-state index is 12.1. The van der Waals surface area contributed by atoms with Gasteiger partial charge in [0.25, 0.3) is 0 Å². The molecule has 0 fully saturated rings. The third kappa shape index (κ3) is 8.20. The highest BCUT2D eigenvalue weighted by Gasteiger charge is 2.38. The number of carbonyl (C=O) groups excluding carboxylic acids is 2. The van der Waals surface area contributed by atoms with Crippen molar-refractivity contribution in [3.8, 4) is 0 Å². The minimum absolute atomic E-state index is 0.338. The first-order valence-corrected chi connectivity index (χ1v) is 12.4. The van der Waals surface area contributed by atoms with Gasteiger partial charge in [-0.05, 0) is 60.4 Å². The van der Waals surface area contributed by atoms with E-state index in [1.807, 2.05) is 13.8 Å². The fraction of sp³-hybridized carbons (Fsp3) is 0.379. The first kappa shape index (κ1) is 29.6. The van der Waals surface area contributed by atoms with Crippen molar-refractivity contribution in [1.29, 1.82) is 0 Å².